The van der Waals surface area contributed by atoms with E-state index in [1.54, 1.807) is 0 Å². The summed E-state index contributed by atoms with van der Waals surface area (Å²) in [7, 11) is 0. The van der Waals surface area contributed by atoms with Crippen molar-refractivity contribution in [3.63, 3.8) is 0 Å². The van der Waals surface area contributed by atoms with Crippen LogP contribution in [0.1, 0.15) is 122 Å². The minimum absolute atomic E-state index is 1.04. The van der Waals surface area contributed by atoms with Crippen LogP contribution >= 0.6 is 0 Å². The predicted molar refractivity (Wildman–Crippen MR) is 103 cm³/mol. The standard InChI is InChI=1S/C22H43/c1-3-5-7-9-11-13-15-17-19-21-22-20-18-16-14-12-10-8-6-4-2/h7,9H,1,3-6,8,10-22H2,2H3. The lowest BCUT2D eigenvalue weighted by atomic mass is 10.0. The molecule has 0 fully saturated rings. The van der Waals surface area contributed by atoms with Crippen LogP contribution in [0.3, 0.4) is 0 Å². The molecule has 0 aromatic carbocycles. The van der Waals surface area contributed by atoms with Gasteiger partial charge in [0.05, 0.1) is 0 Å². The van der Waals surface area contributed by atoms with Crippen LogP contribution in [-0.2, 0) is 0 Å². The molecule has 0 saturated heterocycles. The first-order valence-electron chi connectivity index (χ1n) is 10.4. The highest BCUT2D eigenvalue weighted by Gasteiger charge is 1.94. The Morgan fingerprint density at radius 1 is 0.500 bits per heavy atom. The van der Waals surface area contributed by atoms with Gasteiger partial charge in [0, 0.05) is 0 Å². The summed E-state index contributed by atoms with van der Waals surface area (Å²) in [4.78, 5) is 0. The van der Waals surface area contributed by atoms with Crippen LogP contribution in [0.25, 0.3) is 0 Å². The molecule has 0 saturated carbocycles. The van der Waals surface area contributed by atoms with Gasteiger partial charge in [-0.2, -0.15) is 0 Å². The molecule has 0 heterocycles. The predicted octanol–water partition coefficient (Wildman–Crippen LogP) is 8.42. The average Bonchev–Trinajstić information content (AvgIpc) is 2.54. The van der Waals surface area contributed by atoms with Crippen molar-refractivity contribution in [3.05, 3.63) is 19.1 Å². The summed E-state index contributed by atoms with van der Waals surface area (Å²) in [5.74, 6) is 0. The van der Waals surface area contributed by atoms with Crippen molar-refractivity contribution in [2.75, 3.05) is 0 Å². The lowest BCUT2D eigenvalue weighted by Crippen LogP contribution is -1.83. The average molecular weight is 308 g/mol. The molecule has 0 spiro atoms. The Kier molecular flexibility index (Phi) is 20.5. The van der Waals surface area contributed by atoms with Gasteiger partial charge in [-0.05, 0) is 25.7 Å². The molecule has 22 heavy (non-hydrogen) atoms. The highest BCUT2D eigenvalue weighted by Crippen LogP contribution is 2.13. The van der Waals surface area contributed by atoms with Crippen LogP contribution in [0, 0.1) is 6.92 Å². The molecular formula is C22H43. The summed E-state index contributed by atoms with van der Waals surface area (Å²) >= 11 is 0. The Labute approximate surface area is 142 Å². The van der Waals surface area contributed by atoms with E-state index in [0.29, 0.717) is 0 Å². The van der Waals surface area contributed by atoms with E-state index in [-0.39, 0.29) is 0 Å². The molecule has 0 bridgehead atoms. The largest absolute Gasteiger partial charge is 0.0885 e. The summed E-state index contributed by atoms with van der Waals surface area (Å²) in [5.41, 5.74) is 0. The molecule has 0 amide bonds. The Morgan fingerprint density at radius 3 is 1.27 bits per heavy atom. The Balaban J connectivity index is 2.97. The summed E-state index contributed by atoms with van der Waals surface area (Å²) < 4.78 is 0. The molecule has 0 heteroatoms. The quantitative estimate of drug-likeness (QED) is 0.176. The molecule has 0 aromatic rings. The van der Waals surface area contributed by atoms with Crippen LogP contribution in [0.4, 0.5) is 0 Å². The maximum absolute atomic E-state index is 3.85. The first kappa shape index (κ1) is 21.7. The topological polar surface area (TPSA) is 0 Å². The van der Waals surface area contributed by atoms with Crippen LogP contribution < -0.4 is 0 Å². The normalized spacial score (nSPS) is 11.5. The van der Waals surface area contributed by atoms with Crippen LogP contribution in [0.15, 0.2) is 12.2 Å². The van der Waals surface area contributed by atoms with Crippen molar-refractivity contribution in [3.8, 4) is 0 Å². The van der Waals surface area contributed by atoms with Gasteiger partial charge in [0.2, 0.25) is 0 Å². The molecule has 0 aromatic heterocycles. The lowest BCUT2D eigenvalue weighted by molar-refractivity contribution is 0.533. The van der Waals surface area contributed by atoms with Gasteiger partial charge >= 0.3 is 0 Å². The molecule has 0 atom stereocenters. The monoisotopic (exact) mass is 307 g/mol. The second-order valence-electron chi connectivity index (χ2n) is 6.85. The van der Waals surface area contributed by atoms with E-state index in [4.69, 9.17) is 0 Å². The van der Waals surface area contributed by atoms with Gasteiger partial charge in [-0.25, -0.2) is 0 Å². The van der Waals surface area contributed by atoms with Gasteiger partial charge in [0.1, 0.15) is 0 Å². The minimum atomic E-state index is 1.04. The highest BCUT2D eigenvalue weighted by molar-refractivity contribution is 4.81. The van der Waals surface area contributed by atoms with E-state index in [1.165, 1.54) is 103 Å². The SMILES string of the molecule is [CH2]CCC=CCCCCCCCCCCCCCCCCC. The van der Waals surface area contributed by atoms with Crippen molar-refractivity contribution < 1.29 is 0 Å². The zero-order valence-corrected chi connectivity index (χ0v) is 15.6. The zero-order chi connectivity index (χ0) is 16.1. The van der Waals surface area contributed by atoms with E-state index in [9.17, 15) is 0 Å². The molecule has 0 aliphatic rings. The Bertz CT molecular complexity index is 204. The molecule has 0 unspecified atom stereocenters. The van der Waals surface area contributed by atoms with Crippen LogP contribution in [0.5, 0.6) is 0 Å². The van der Waals surface area contributed by atoms with Crippen molar-refractivity contribution >= 4 is 0 Å². The number of unbranched alkanes of at least 4 members (excludes halogenated alkanes) is 16. The van der Waals surface area contributed by atoms with Gasteiger partial charge in [0.25, 0.3) is 0 Å². The van der Waals surface area contributed by atoms with Gasteiger partial charge in [-0.3, -0.25) is 0 Å². The zero-order valence-electron chi connectivity index (χ0n) is 15.6. The molecule has 1 radical (unpaired) electrons. The molecule has 0 aliphatic carbocycles. The van der Waals surface area contributed by atoms with Gasteiger partial charge < -0.3 is 0 Å². The second-order valence-corrected chi connectivity index (χ2v) is 6.85. The number of hydrogen-bond donors (Lipinski definition) is 0. The molecule has 131 valence electrons. The van der Waals surface area contributed by atoms with E-state index in [1.807, 2.05) is 0 Å². The first-order chi connectivity index (χ1) is 10.9. The number of rotatable bonds is 18. The third-order valence-electron chi connectivity index (χ3n) is 4.51. The Morgan fingerprint density at radius 2 is 0.864 bits per heavy atom. The first-order valence-corrected chi connectivity index (χ1v) is 10.4. The third-order valence-corrected chi connectivity index (χ3v) is 4.51. The maximum atomic E-state index is 3.85. The highest BCUT2D eigenvalue weighted by atomic mass is 14.0. The maximum Gasteiger partial charge on any atom is -0.0351 e. The third kappa shape index (κ3) is 19.7. The van der Waals surface area contributed by atoms with Crippen molar-refractivity contribution in [2.45, 2.75) is 122 Å². The lowest BCUT2D eigenvalue weighted by Gasteiger charge is -2.03. The summed E-state index contributed by atoms with van der Waals surface area (Å²) in [6.07, 6.45) is 29.9. The van der Waals surface area contributed by atoms with Crippen LogP contribution in [0.2, 0.25) is 0 Å². The molecule has 0 rings (SSSR count). The minimum Gasteiger partial charge on any atom is -0.0885 e. The number of allylic oxidation sites excluding steroid dienone is 2. The fraction of sp³-hybridized carbons (Fsp3) is 0.864. The van der Waals surface area contributed by atoms with E-state index in [2.05, 4.69) is 26.0 Å². The second kappa shape index (κ2) is 20.7. The fourth-order valence-electron chi connectivity index (χ4n) is 2.99. The van der Waals surface area contributed by atoms with E-state index in [0.717, 1.165) is 12.8 Å². The summed E-state index contributed by atoms with van der Waals surface area (Å²) in [5, 5.41) is 0. The van der Waals surface area contributed by atoms with Gasteiger partial charge in [0.15, 0.2) is 0 Å². The van der Waals surface area contributed by atoms with Gasteiger partial charge in [-0.1, -0.05) is 116 Å². The van der Waals surface area contributed by atoms with E-state index < -0.39 is 0 Å². The van der Waals surface area contributed by atoms with Gasteiger partial charge in [-0.15, -0.1) is 0 Å². The smallest absolute Gasteiger partial charge is 0.0351 e. The van der Waals surface area contributed by atoms with Crippen molar-refractivity contribution in [1.29, 1.82) is 0 Å². The summed E-state index contributed by atoms with van der Waals surface area (Å²) in [6, 6.07) is 0. The summed E-state index contributed by atoms with van der Waals surface area (Å²) in [6.45, 7) is 6.14. The molecule has 0 nitrogen and oxygen atoms in total. The van der Waals surface area contributed by atoms with E-state index >= 15 is 0 Å². The fourth-order valence-corrected chi connectivity index (χ4v) is 2.99. The Hall–Kier alpha value is -0.260. The molecular weight excluding hydrogens is 264 g/mol. The number of hydrogen-bond acceptors (Lipinski definition) is 0. The molecule has 0 N–H and O–H groups in total. The van der Waals surface area contributed by atoms with Crippen molar-refractivity contribution in [1.82, 2.24) is 0 Å². The van der Waals surface area contributed by atoms with Crippen molar-refractivity contribution in [2.24, 2.45) is 0 Å². The van der Waals surface area contributed by atoms with Crippen LogP contribution in [-0.4, -0.2) is 0 Å². The molecule has 0 aliphatic heterocycles.